The molecule has 0 saturated carbocycles. The minimum atomic E-state index is -0.145. The van der Waals surface area contributed by atoms with Crippen LogP contribution in [0.5, 0.6) is 0 Å². The Hall–Kier alpha value is -2.54. The van der Waals surface area contributed by atoms with E-state index in [0.29, 0.717) is 18.7 Å². The Bertz CT molecular complexity index is 833. The van der Waals surface area contributed by atoms with Crippen molar-refractivity contribution >= 4 is 39.2 Å². The van der Waals surface area contributed by atoms with Gasteiger partial charge in [0.05, 0.1) is 5.56 Å². The predicted octanol–water partition coefficient (Wildman–Crippen LogP) is 4.33. The molecular formula is C22H27BrN4O2. The van der Waals surface area contributed by atoms with E-state index in [1.54, 1.807) is 6.07 Å². The highest BCUT2D eigenvalue weighted by Crippen LogP contribution is 2.21. The smallest absolute Gasteiger partial charge is 0.317 e. The number of carbonyl (C=O) groups is 2. The van der Waals surface area contributed by atoms with Crippen molar-refractivity contribution in [3.05, 3.63) is 58.6 Å². The van der Waals surface area contributed by atoms with Crippen molar-refractivity contribution in [1.82, 2.24) is 10.2 Å². The van der Waals surface area contributed by atoms with Crippen LogP contribution in [0.15, 0.2) is 53.0 Å². The van der Waals surface area contributed by atoms with Crippen molar-refractivity contribution < 1.29 is 9.59 Å². The van der Waals surface area contributed by atoms with E-state index in [9.17, 15) is 9.59 Å². The van der Waals surface area contributed by atoms with Gasteiger partial charge in [0.15, 0.2) is 0 Å². The molecule has 1 aliphatic heterocycles. The summed E-state index contributed by atoms with van der Waals surface area (Å²) >= 11 is 3.41. The first kappa shape index (κ1) is 21.2. The van der Waals surface area contributed by atoms with Gasteiger partial charge < -0.3 is 20.4 Å². The first-order valence-electron chi connectivity index (χ1n) is 10.0. The van der Waals surface area contributed by atoms with Crippen LogP contribution in [0.2, 0.25) is 0 Å². The Balaban J connectivity index is 1.51. The van der Waals surface area contributed by atoms with Crippen LogP contribution in [0.1, 0.15) is 30.1 Å². The molecule has 0 spiro atoms. The second-order valence-corrected chi connectivity index (χ2v) is 7.89. The molecule has 0 radical (unpaired) electrons. The van der Waals surface area contributed by atoms with Crippen molar-refractivity contribution in [2.45, 2.75) is 19.8 Å². The molecule has 6 nitrogen and oxygen atoms in total. The van der Waals surface area contributed by atoms with Crippen LogP contribution >= 0.6 is 15.9 Å². The third-order valence-electron chi connectivity index (χ3n) is 4.98. The van der Waals surface area contributed by atoms with Gasteiger partial charge >= 0.3 is 6.03 Å². The normalized spacial score (nSPS) is 13.9. The number of nitrogens with one attached hydrogen (secondary N) is 2. The molecule has 2 aromatic rings. The Morgan fingerprint density at radius 3 is 2.34 bits per heavy atom. The molecule has 7 heteroatoms. The Morgan fingerprint density at radius 1 is 1.00 bits per heavy atom. The van der Waals surface area contributed by atoms with Gasteiger partial charge in [0.25, 0.3) is 5.91 Å². The highest BCUT2D eigenvalue weighted by atomic mass is 79.9. The van der Waals surface area contributed by atoms with E-state index in [-0.39, 0.29) is 11.9 Å². The summed E-state index contributed by atoms with van der Waals surface area (Å²) in [5, 5.41) is 5.90. The lowest BCUT2D eigenvalue weighted by Crippen LogP contribution is -2.52. The Morgan fingerprint density at radius 2 is 1.69 bits per heavy atom. The molecule has 154 valence electrons. The van der Waals surface area contributed by atoms with Gasteiger partial charge in [0, 0.05) is 48.6 Å². The molecular weight excluding hydrogens is 432 g/mol. The molecule has 2 aromatic carbocycles. The number of hydrogen-bond donors (Lipinski definition) is 2. The van der Waals surface area contributed by atoms with Gasteiger partial charge in [-0.05, 0) is 58.7 Å². The van der Waals surface area contributed by atoms with Gasteiger partial charge in [-0.3, -0.25) is 4.79 Å². The first-order valence-corrected chi connectivity index (χ1v) is 10.8. The maximum absolute atomic E-state index is 12.4. The predicted molar refractivity (Wildman–Crippen MR) is 121 cm³/mol. The highest BCUT2D eigenvalue weighted by Gasteiger charge is 2.21. The summed E-state index contributed by atoms with van der Waals surface area (Å²) in [5.74, 6) is -0.145. The number of piperazine rings is 1. The average molecular weight is 459 g/mol. The number of urea groups is 1. The molecule has 29 heavy (non-hydrogen) atoms. The summed E-state index contributed by atoms with van der Waals surface area (Å²) in [6.07, 6.45) is 2.09. The molecule has 3 amide bonds. The van der Waals surface area contributed by atoms with Gasteiger partial charge in [-0.2, -0.15) is 0 Å². The lowest BCUT2D eigenvalue weighted by molar-refractivity contribution is 0.102. The maximum Gasteiger partial charge on any atom is 0.317 e. The van der Waals surface area contributed by atoms with Gasteiger partial charge in [-0.15, -0.1) is 0 Å². The number of nitrogens with zero attached hydrogens (tertiary/aromatic N) is 2. The highest BCUT2D eigenvalue weighted by molar-refractivity contribution is 9.10. The Kier molecular flexibility index (Phi) is 7.52. The largest absolute Gasteiger partial charge is 0.368 e. The number of anilines is 2. The van der Waals surface area contributed by atoms with Crippen LogP contribution in [-0.4, -0.2) is 49.6 Å². The zero-order valence-corrected chi connectivity index (χ0v) is 18.2. The van der Waals surface area contributed by atoms with Crippen molar-refractivity contribution in [2.75, 3.05) is 42.9 Å². The standard InChI is InChI=1S/C22H27BrN4O2/c1-2-3-12-24-22(29)27-15-13-26(14-16-27)18-10-8-17(9-11-18)25-21(28)19-6-4-5-7-20(19)23/h4-11H,2-3,12-16H2,1H3,(H,24,29)(H,25,28). The minimum Gasteiger partial charge on any atom is -0.368 e. The quantitative estimate of drug-likeness (QED) is 0.632. The van der Waals surface area contributed by atoms with Crippen molar-refractivity contribution in [3.8, 4) is 0 Å². The third-order valence-corrected chi connectivity index (χ3v) is 5.67. The fourth-order valence-electron chi connectivity index (χ4n) is 3.25. The van der Waals surface area contributed by atoms with E-state index >= 15 is 0 Å². The van der Waals surface area contributed by atoms with Crippen LogP contribution in [0.25, 0.3) is 0 Å². The summed E-state index contributed by atoms with van der Waals surface area (Å²) in [4.78, 5) is 28.7. The van der Waals surface area contributed by atoms with Crippen molar-refractivity contribution in [2.24, 2.45) is 0 Å². The molecule has 0 aromatic heterocycles. The summed E-state index contributed by atoms with van der Waals surface area (Å²) in [7, 11) is 0. The number of hydrogen-bond acceptors (Lipinski definition) is 3. The molecule has 0 atom stereocenters. The zero-order valence-electron chi connectivity index (χ0n) is 16.7. The lowest BCUT2D eigenvalue weighted by Gasteiger charge is -2.36. The Labute approximate surface area is 180 Å². The summed E-state index contributed by atoms with van der Waals surface area (Å²) in [6, 6.07) is 15.2. The molecule has 0 bridgehead atoms. The fourth-order valence-corrected chi connectivity index (χ4v) is 3.72. The third kappa shape index (κ3) is 5.73. The molecule has 3 rings (SSSR count). The van der Waals surface area contributed by atoms with Gasteiger partial charge in [-0.1, -0.05) is 25.5 Å². The minimum absolute atomic E-state index is 0.0308. The van der Waals surface area contributed by atoms with Crippen LogP contribution < -0.4 is 15.5 Å². The van der Waals surface area contributed by atoms with Crippen LogP contribution in [0, 0.1) is 0 Å². The lowest BCUT2D eigenvalue weighted by atomic mass is 10.2. The van der Waals surface area contributed by atoms with E-state index in [1.165, 1.54) is 0 Å². The SMILES string of the molecule is CCCCNC(=O)N1CCN(c2ccc(NC(=O)c3ccccc3Br)cc2)CC1. The van der Waals surface area contributed by atoms with E-state index in [2.05, 4.69) is 38.4 Å². The van der Waals surface area contributed by atoms with Crippen molar-refractivity contribution in [3.63, 3.8) is 0 Å². The van der Waals surface area contributed by atoms with E-state index in [1.807, 2.05) is 47.4 Å². The van der Waals surface area contributed by atoms with Gasteiger partial charge in [0.2, 0.25) is 0 Å². The molecule has 2 N–H and O–H groups in total. The summed E-state index contributed by atoms with van der Waals surface area (Å²) < 4.78 is 0.769. The van der Waals surface area contributed by atoms with E-state index in [4.69, 9.17) is 0 Å². The van der Waals surface area contributed by atoms with Crippen LogP contribution in [0.3, 0.4) is 0 Å². The topological polar surface area (TPSA) is 64.7 Å². The number of halogens is 1. The molecule has 1 saturated heterocycles. The second kappa shape index (κ2) is 10.3. The van der Waals surface area contributed by atoms with Crippen LogP contribution in [-0.2, 0) is 0 Å². The molecule has 1 aliphatic rings. The van der Waals surface area contributed by atoms with Gasteiger partial charge in [0.1, 0.15) is 0 Å². The second-order valence-electron chi connectivity index (χ2n) is 7.04. The van der Waals surface area contributed by atoms with E-state index in [0.717, 1.165) is 48.3 Å². The van der Waals surface area contributed by atoms with Crippen LogP contribution in [0.4, 0.5) is 16.2 Å². The first-order chi connectivity index (χ1) is 14.1. The summed E-state index contributed by atoms with van der Waals surface area (Å²) in [6.45, 7) is 5.86. The number of unbranched alkanes of at least 4 members (excludes halogenated alkanes) is 1. The molecule has 0 unspecified atom stereocenters. The van der Waals surface area contributed by atoms with E-state index < -0.39 is 0 Å². The maximum atomic E-state index is 12.4. The molecule has 0 aliphatic carbocycles. The number of carbonyl (C=O) groups excluding carboxylic acids is 2. The number of amides is 3. The fraction of sp³-hybridized carbons (Fsp3) is 0.364. The average Bonchev–Trinajstić information content (AvgIpc) is 2.75. The summed E-state index contributed by atoms with van der Waals surface area (Å²) in [5.41, 5.74) is 2.45. The number of rotatable bonds is 6. The number of benzene rings is 2. The molecule has 1 fully saturated rings. The van der Waals surface area contributed by atoms with Gasteiger partial charge in [-0.25, -0.2) is 4.79 Å². The molecule has 1 heterocycles. The van der Waals surface area contributed by atoms with Crippen molar-refractivity contribution in [1.29, 1.82) is 0 Å². The zero-order chi connectivity index (χ0) is 20.6. The monoisotopic (exact) mass is 458 g/mol.